The predicted octanol–water partition coefficient (Wildman–Crippen LogP) is -1.35. The fourth-order valence-corrected chi connectivity index (χ4v) is 1.86. The molecule has 1 fully saturated rings. The second kappa shape index (κ2) is 5.27. The predicted molar refractivity (Wildman–Crippen MR) is 58.7 cm³/mol. The highest BCUT2D eigenvalue weighted by atomic mass is 16.5. The van der Waals surface area contributed by atoms with Crippen LogP contribution in [0.1, 0.15) is 6.42 Å². The second-order valence-corrected chi connectivity index (χ2v) is 4.32. The van der Waals surface area contributed by atoms with Crippen molar-refractivity contribution < 1.29 is 14.3 Å². The quantitative estimate of drug-likeness (QED) is 0.605. The van der Waals surface area contributed by atoms with Gasteiger partial charge in [-0.1, -0.05) is 0 Å². The number of rotatable bonds is 3. The molecule has 0 bridgehead atoms. The maximum atomic E-state index is 11.9. The lowest BCUT2D eigenvalue weighted by Crippen LogP contribution is -2.45. The van der Waals surface area contributed by atoms with E-state index in [4.69, 9.17) is 5.73 Å². The number of hydrogen-bond donors (Lipinski definition) is 1. The minimum atomic E-state index is -0.521. The summed E-state index contributed by atoms with van der Waals surface area (Å²) in [7, 11) is 4.93. The maximum absolute atomic E-state index is 11.9. The third-order valence-electron chi connectivity index (χ3n) is 2.58. The molecule has 2 N–H and O–H groups in total. The molecule has 0 radical (unpaired) electrons. The van der Waals surface area contributed by atoms with Gasteiger partial charge >= 0.3 is 5.97 Å². The number of amides is 1. The Morgan fingerprint density at radius 3 is 2.62 bits per heavy atom. The number of esters is 1. The van der Waals surface area contributed by atoms with Gasteiger partial charge in [0.15, 0.2) is 0 Å². The van der Waals surface area contributed by atoms with E-state index in [0.29, 0.717) is 13.0 Å². The number of nitrogens with two attached hydrogens (primary N) is 1. The zero-order valence-electron chi connectivity index (χ0n) is 9.97. The van der Waals surface area contributed by atoms with Gasteiger partial charge in [-0.3, -0.25) is 4.79 Å². The standard InChI is InChI=1S/C10H19N3O3/c1-12(2)6-9(14)13-5-7(11)4-8(13)10(15)16-3/h7-8H,4-6,11H2,1-3H3. The van der Waals surface area contributed by atoms with E-state index in [0.717, 1.165) is 0 Å². The van der Waals surface area contributed by atoms with E-state index in [-0.39, 0.29) is 24.5 Å². The molecule has 2 unspecified atom stereocenters. The Balaban J connectivity index is 2.69. The monoisotopic (exact) mass is 229 g/mol. The zero-order valence-corrected chi connectivity index (χ0v) is 9.97. The van der Waals surface area contributed by atoms with Crippen LogP contribution >= 0.6 is 0 Å². The summed E-state index contributed by atoms with van der Waals surface area (Å²) >= 11 is 0. The fraction of sp³-hybridized carbons (Fsp3) is 0.800. The molecule has 0 aromatic rings. The summed E-state index contributed by atoms with van der Waals surface area (Å²) < 4.78 is 4.67. The van der Waals surface area contributed by atoms with Gasteiger partial charge in [0.25, 0.3) is 0 Å². The van der Waals surface area contributed by atoms with Gasteiger partial charge in [0.2, 0.25) is 5.91 Å². The minimum absolute atomic E-state index is 0.0895. The lowest BCUT2D eigenvalue weighted by atomic mass is 10.2. The van der Waals surface area contributed by atoms with Crippen LogP contribution in [0.25, 0.3) is 0 Å². The lowest BCUT2D eigenvalue weighted by molar-refractivity contribution is -0.151. The first-order valence-corrected chi connectivity index (χ1v) is 5.23. The molecule has 2 atom stereocenters. The van der Waals surface area contributed by atoms with Crippen molar-refractivity contribution in [2.24, 2.45) is 5.73 Å². The molecule has 16 heavy (non-hydrogen) atoms. The van der Waals surface area contributed by atoms with Crippen LogP contribution in [0.15, 0.2) is 0 Å². The Morgan fingerprint density at radius 2 is 2.12 bits per heavy atom. The van der Waals surface area contributed by atoms with Crippen LogP contribution < -0.4 is 5.73 Å². The number of hydrogen-bond acceptors (Lipinski definition) is 5. The molecular weight excluding hydrogens is 210 g/mol. The van der Waals surface area contributed by atoms with E-state index in [9.17, 15) is 9.59 Å². The second-order valence-electron chi connectivity index (χ2n) is 4.32. The third-order valence-corrected chi connectivity index (χ3v) is 2.58. The van der Waals surface area contributed by atoms with Crippen LogP contribution in [-0.2, 0) is 14.3 Å². The van der Waals surface area contributed by atoms with Gasteiger partial charge in [-0.05, 0) is 20.5 Å². The Kier molecular flexibility index (Phi) is 4.26. The van der Waals surface area contributed by atoms with Crippen molar-refractivity contribution in [2.75, 3.05) is 34.3 Å². The summed E-state index contributed by atoms with van der Waals surface area (Å²) in [5, 5.41) is 0. The molecule has 1 saturated heterocycles. The van der Waals surface area contributed by atoms with Crippen LogP contribution in [0.3, 0.4) is 0 Å². The first kappa shape index (κ1) is 12.9. The number of nitrogens with zero attached hydrogens (tertiary/aromatic N) is 2. The average molecular weight is 229 g/mol. The van der Waals surface area contributed by atoms with Gasteiger partial charge in [0.05, 0.1) is 13.7 Å². The van der Waals surface area contributed by atoms with Gasteiger partial charge in [-0.25, -0.2) is 4.79 Å². The Bertz CT molecular complexity index is 280. The summed E-state index contributed by atoms with van der Waals surface area (Å²) in [6.45, 7) is 0.701. The third kappa shape index (κ3) is 2.93. The van der Waals surface area contributed by atoms with Crippen molar-refractivity contribution in [1.82, 2.24) is 9.80 Å². The van der Waals surface area contributed by atoms with Gasteiger partial charge in [-0.2, -0.15) is 0 Å². The van der Waals surface area contributed by atoms with E-state index in [1.807, 2.05) is 0 Å². The minimum Gasteiger partial charge on any atom is -0.467 e. The van der Waals surface area contributed by atoms with Crippen LogP contribution in [0.5, 0.6) is 0 Å². The van der Waals surface area contributed by atoms with E-state index in [1.54, 1.807) is 19.0 Å². The number of carbonyl (C=O) groups is 2. The number of likely N-dealkylation sites (tertiary alicyclic amines) is 1. The smallest absolute Gasteiger partial charge is 0.328 e. The van der Waals surface area contributed by atoms with Gasteiger partial charge in [0.1, 0.15) is 6.04 Å². The zero-order chi connectivity index (χ0) is 12.3. The molecule has 1 amide bonds. The first-order chi connectivity index (χ1) is 7.45. The number of methoxy groups -OCH3 is 1. The molecule has 92 valence electrons. The molecule has 0 spiro atoms. The average Bonchev–Trinajstić information content (AvgIpc) is 2.58. The van der Waals surface area contributed by atoms with Gasteiger partial charge < -0.3 is 20.3 Å². The molecule has 1 heterocycles. The largest absolute Gasteiger partial charge is 0.467 e. The van der Waals surface area contributed by atoms with Crippen molar-refractivity contribution in [3.8, 4) is 0 Å². The van der Waals surface area contributed by atoms with Crippen molar-refractivity contribution in [3.05, 3.63) is 0 Å². The molecular formula is C10H19N3O3. The van der Waals surface area contributed by atoms with E-state index in [1.165, 1.54) is 12.0 Å². The number of ether oxygens (including phenoxy) is 1. The van der Waals surface area contributed by atoms with Crippen LogP contribution in [-0.4, -0.2) is 68.1 Å². The molecule has 1 rings (SSSR count). The highest BCUT2D eigenvalue weighted by Crippen LogP contribution is 2.17. The summed E-state index contributed by atoms with van der Waals surface area (Å²) in [5.41, 5.74) is 5.76. The molecule has 6 heteroatoms. The van der Waals surface area contributed by atoms with Crippen LogP contribution in [0, 0.1) is 0 Å². The van der Waals surface area contributed by atoms with Crippen LogP contribution in [0.2, 0.25) is 0 Å². The molecule has 1 aliphatic rings. The molecule has 0 aliphatic carbocycles. The number of carbonyl (C=O) groups excluding carboxylic acids is 2. The van der Waals surface area contributed by atoms with Gasteiger partial charge in [0, 0.05) is 12.6 Å². The first-order valence-electron chi connectivity index (χ1n) is 5.23. The summed E-state index contributed by atoms with van der Waals surface area (Å²) in [6.07, 6.45) is 0.478. The Morgan fingerprint density at radius 1 is 1.50 bits per heavy atom. The summed E-state index contributed by atoms with van der Waals surface area (Å²) in [6, 6.07) is -0.664. The van der Waals surface area contributed by atoms with Crippen molar-refractivity contribution in [3.63, 3.8) is 0 Å². The molecule has 0 aromatic heterocycles. The molecule has 0 aromatic carbocycles. The Hall–Kier alpha value is -1.14. The van der Waals surface area contributed by atoms with Gasteiger partial charge in [-0.15, -0.1) is 0 Å². The van der Waals surface area contributed by atoms with E-state index in [2.05, 4.69) is 4.74 Å². The van der Waals surface area contributed by atoms with Crippen molar-refractivity contribution in [2.45, 2.75) is 18.5 Å². The van der Waals surface area contributed by atoms with E-state index < -0.39 is 6.04 Å². The Labute approximate surface area is 95.3 Å². The number of likely N-dealkylation sites (N-methyl/N-ethyl adjacent to an activating group) is 1. The van der Waals surface area contributed by atoms with Crippen LogP contribution in [0.4, 0.5) is 0 Å². The summed E-state index contributed by atoms with van der Waals surface area (Å²) in [5.74, 6) is -0.478. The lowest BCUT2D eigenvalue weighted by Gasteiger charge is -2.23. The fourth-order valence-electron chi connectivity index (χ4n) is 1.86. The molecule has 0 saturated carbocycles. The van der Waals surface area contributed by atoms with E-state index >= 15 is 0 Å². The van der Waals surface area contributed by atoms with Crippen molar-refractivity contribution in [1.29, 1.82) is 0 Å². The highest BCUT2D eigenvalue weighted by Gasteiger charge is 2.38. The van der Waals surface area contributed by atoms with Crippen molar-refractivity contribution >= 4 is 11.9 Å². The normalized spacial score (nSPS) is 24.9. The topological polar surface area (TPSA) is 75.9 Å². The molecule has 6 nitrogen and oxygen atoms in total. The maximum Gasteiger partial charge on any atom is 0.328 e. The SMILES string of the molecule is COC(=O)C1CC(N)CN1C(=O)CN(C)C. The summed E-state index contributed by atoms with van der Waals surface area (Å²) in [4.78, 5) is 26.6. The molecule has 1 aliphatic heterocycles. The highest BCUT2D eigenvalue weighted by molar-refractivity contribution is 5.86.